The van der Waals surface area contributed by atoms with Crippen LogP contribution in [0.2, 0.25) is 0 Å². The second-order valence-electron chi connectivity index (χ2n) is 4.76. The van der Waals surface area contributed by atoms with E-state index in [0.717, 1.165) is 21.7 Å². The van der Waals surface area contributed by atoms with Gasteiger partial charge in [0.05, 0.1) is 12.1 Å². The molecule has 0 amide bonds. The summed E-state index contributed by atoms with van der Waals surface area (Å²) < 4.78 is 0. The number of anilines is 2. The van der Waals surface area contributed by atoms with Crippen LogP contribution in [0, 0.1) is 0 Å². The molecule has 0 spiro atoms. The zero-order chi connectivity index (χ0) is 15.4. The predicted octanol–water partition coefficient (Wildman–Crippen LogP) is 3.74. The Balaban J connectivity index is 1.67. The highest BCUT2D eigenvalue weighted by Gasteiger charge is 2.11. The molecule has 0 aliphatic carbocycles. The molecule has 2 N–H and O–H groups in total. The molecule has 22 heavy (non-hydrogen) atoms. The molecule has 114 valence electrons. The molecule has 2 unspecified atom stereocenters. The molecule has 0 fully saturated rings. The fourth-order valence-corrected chi connectivity index (χ4v) is 3.27. The van der Waals surface area contributed by atoms with Crippen molar-refractivity contribution in [3.05, 3.63) is 45.6 Å². The normalized spacial score (nSPS) is 13.5. The van der Waals surface area contributed by atoms with E-state index in [1.54, 1.807) is 41.4 Å². The van der Waals surface area contributed by atoms with Gasteiger partial charge in [-0.25, -0.2) is 19.9 Å². The second kappa shape index (κ2) is 6.80. The zero-order valence-corrected chi connectivity index (χ0v) is 13.9. The summed E-state index contributed by atoms with van der Waals surface area (Å²) in [6, 6.07) is 2.12. The van der Waals surface area contributed by atoms with E-state index in [9.17, 15) is 0 Å². The van der Waals surface area contributed by atoms with E-state index >= 15 is 0 Å². The van der Waals surface area contributed by atoms with E-state index in [1.807, 2.05) is 16.8 Å². The van der Waals surface area contributed by atoms with E-state index in [-0.39, 0.29) is 12.1 Å². The molecule has 3 rings (SSSR count). The van der Waals surface area contributed by atoms with Crippen LogP contribution < -0.4 is 10.6 Å². The summed E-state index contributed by atoms with van der Waals surface area (Å²) in [6.07, 6.45) is 5.16. The van der Waals surface area contributed by atoms with Crippen molar-refractivity contribution in [2.45, 2.75) is 25.9 Å². The number of hydrogen-bond donors (Lipinski definition) is 2. The highest BCUT2D eigenvalue weighted by molar-refractivity contribution is 7.09. The average Bonchev–Trinajstić information content (AvgIpc) is 3.21. The molecular weight excluding hydrogens is 316 g/mol. The summed E-state index contributed by atoms with van der Waals surface area (Å²) in [5.41, 5.74) is 0. The second-order valence-corrected chi connectivity index (χ2v) is 6.61. The van der Waals surface area contributed by atoms with Crippen molar-refractivity contribution in [1.29, 1.82) is 0 Å². The van der Waals surface area contributed by atoms with Gasteiger partial charge in [-0.1, -0.05) is 0 Å². The minimum Gasteiger partial charge on any atom is -0.361 e. The summed E-state index contributed by atoms with van der Waals surface area (Å²) in [4.78, 5) is 17.1. The first kappa shape index (κ1) is 14.9. The number of aromatic nitrogens is 4. The number of rotatable bonds is 6. The summed E-state index contributed by atoms with van der Waals surface area (Å²) in [7, 11) is 0. The quantitative estimate of drug-likeness (QED) is 0.716. The van der Waals surface area contributed by atoms with Crippen LogP contribution in [0.15, 0.2) is 35.5 Å². The number of thiazole rings is 2. The SMILES string of the molecule is CC(Nc1cc(NC(C)c2nccs2)ncn1)c1nccs1. The van der Waals surface area contributed by atoms with Gasteiger partial charge in [0.25, 0.3) is 0 Å². The van der Waals surface area contributed by atoms with Crippen LogP contribution >= 0.6 is 22.7 Å². The van der Waals surface area contributed by atoms with Gasteiger partial charge in [-0.3, -0.25) is 0 Å². The minimum absolute atomic E-state index is 0.110. The van der Waals surface area contributed by atoms with Crippen molar-refractivity contribution in [2.24, 2.45) is 0 Å². The van der Waals surface area contributed by atoms with E-state index in [4.69, 9.17) is 0 Å². The molecule has 0 aliphatic heterocycles. The predicted molar refractivity (Wildman–Crippen MR) is 90.3 cm³/mol. The lowest BCUT2D eigenvalue weighted by Gasteiger charge is -2.14. The maximum Gasteiger partial charge on any atom is 0.132 e. The molecule has 8 heteroatoms. The van der Waals surface area contributed by atoms with Gasteiger partial charge in [0, 0.05) is 29.2 Å². The van der Waals surface area contributed by atoms with Crippen LogP contribution in [-0.4, -0.2) is 19.9 Å². The smallest absolute Gasteiger partial charge is 0.132 e. The molecule has 0 radical (unpaired) electrons. The van der Waals surface area contributed by atoms with Crippen molar-refractivity contribution < 1.29 is 0 Å². The highest BCUT2D eigenvalue weighted by Crippen LogP contribution is 2.23. The van der Waals surface area contributed by atoms with Crippen molar-refractivity contribution in [3.63, 3.8) is 0 Å². The Morgan fingerprint density at radius 3 is 1.73 bits per heavy atom. The van der Waals surface area contributed by atoms with Crippen LogP contribution in [0.1, 0.15) is 35.9 Å². The van der Waals surface area contributed by atoms with Gasteiger partial charge in [0.15, 0.2) is 0 Å². The number of nitrogens with one attached hydrogen (secondary N) is 2. The lowest BCUT2D eigenvalue weighted by molar-refractivity contribution is 0.847. The van der Waals surface area contributed by atoms with E-state index in [0.29, 0.717) is 0 Å². The number of hydrogen-bond acceptors (Lipinski definition) is 8. The molecule has 3 heterocycles. The third kappa shape index (κ3) is 3.58. The topological polar surface area (TPSA) is 75.6 Å². The molecule has 0 saturated heterocycles. The highest BCUT2D eigenvalue weighted by atomic mass is 32.1. The van der Waals surface area contributed by atoms with Gasteiger partial charge in [-0.15, -0.1) is 22.7 Å². The molecular formula is C14H16N6S2. The number of nitrogens with zero attached hydrogens (tertiary/aromatic N) is 4. The molecule has 3 aromatic rings. The van der Waals surface area contributed by atoms with E-state index < -0.39 is 0 Å². The third-order valence-electron chi connectivity index (χ3n) is 3.04. The zero-order valence-electron chi connectivity index (χ0n) is 12.2. The summed E-state index contributed by atoms with van der Waals surface area (Å²) >= 11 is 3.25. The maximum absolute atomic E-state index is 4.31. The molecule has 0 aromatic carbocycles. The lowest BCUT2D eigenvalue weighted by atomic mass is 10.3. The first-order valence-electron chi connectivity index (χ1n) is 6.86. The van der Waals surface area contributed by atoms with Gasteiger partial charge in [-0.2, -0.15) is 0 Å². The first-order valence-corrected chi connectivity index (χ1v) is 8.62. The van der Waals surface area contributed by atoms with Gasteiger partial charge in [-0.05, 0) is 13.8 Å². The van der Waals surface area contributed by atoms with Crippen LogP contribution in [0.4, 0.5) is 11.6 Å². The van der Waals surface area contributed by atoms with Gasteiger partial charge in [0.1, 0.15) is 28.0 Å². The summed E-state index contributed by atoms with van der Waals surface area (Å²) in [5.74, 6) is 1.54. The molecule has 0 aliphatic rings. The Bertz CT molecular complexity index is 640. The fraction of sp³-hybridized carbons (Fsp3) is 0.286. The van der Waals surface area contributed by atoms with Crippen LogP contribution in [-0.2, 0) is 0 Å². The van der Waals surface area contributed by atoms with Crippen molar-refractivity contribution in [2.75, 3.05) is 10.6 Å². The van der Waals surface area contributed by atoms with Crippen molar-refractivity contribution in [3.8, 4) is 0 Å². The van der Waals surface area contributed by atoms with E-state index in [2.05, 4.69) is 44.4 Å². The monoisotopic (exact) mass is 332 g/mol. The van der Waals surface area contributed by atoms with Crippen molar-refractivity contribution in [1.82, 2.24) is 19.9 Å². The Labute approximate surface area is 136 Å². The molecule has 2 atom stereocenters. The first-order chi connectivity index (χ1) is 10.7. The molecule has 6 nitrogen and oxygen atoms in total. The average molecular weight is 332 g/mol. The minimum atomic E-state index is 0.110. The van der Waals surface area contributed by atoms with Gasteiger partial charge in [0.2, 0.25) is 0 Å². The molecule has 0 saturated carbocycles. The maximum atomic E-state index is 4.31. The Morgan fingerprint density at radius 1 is 0.818 bits per heavy atom. The Morgan fingerprint density at radius 2 is 1.32 bits per heavy atom. The summed E-state index contributed by atoms with van der Waals surface area (Å²) in [6.45, 7) is 4.12. The van der Waals surface area contributed by atoms with E-state index in [1.165, 1.54) is 0 Å². The van der Waals surface area contributed by atoms with Crippen LogP contribution in [0.25, 0.3) is 0 Å². The lowest BCUT2D eigenvalue weighted by Crippen LogP contribution is -2.10. The summed E-state index contributed by atoms with van der Waals surface area (Å²) in [5, 5.41) is 12.7. The van der Waals surface area contributed by atoms with Gasteiger partial charge < -0.3 is 10.6 Å². The Kier molecular flexibility index (Phi) is 4.59. The van der Waals surface area contributed by atoms with Crippen LogP contribution in [0.3, 0.4) is 0 Å². The Hall–Kier alpha value is -2.06. The molecule has 0 bridgehead atoms. The fourth-order valence-electron chi connectivity index (χ4n) is 1.98. The molecule has 3 aromatic heterocycles. The third-order valence-corrected chi connectivity index (χ3v) is 4.96. The van der Waals surface area contributed by atoms with Gasteiger partial charge >= 0.3 is 0 Å². The standard InChI is InChI=1S/C14H16N6S2/c1-9(13-15-3-5-21-13)19-11-7-12(18-8-17-11)20-10(2)14-16-4-6-22-14/h3-10H,1-2H3,(H2,17,18,19,20). The largest absolute Gasteiger partial charge is 0.361 e. The van der Waals surface area contributed by atoms with Crippen LogP contribution in [0.5, 0.6) is 0 Å². The van der Waals surface area contributed by atoms with Crippen molar-refractivity contribution >= 4 is 34.3 Å².